The Morgan fingerprint density at radius 3 is 1.53 bits per heavy atom. The van der Waals surface area contributed by atoms with Crippen molar-refractivity contribution in [2.24, 2.45) is 0 Å². The van der Waals surface area contributed by atoms with Gasteiger partial charge in [0.2, 0.25) is 0 Å². The van der Waals surface area contributed by atoms with Gasteiger partial charge in [0, 0.05) is 5.57 Å². The van der Waals surface area contributed by atoms with Crippen LogP contribution < -0.4 is 0 Å². The zero-order valence-electron chi connectivity index (χ0n) is 22.1. The van der Waals surface area contributed by atoms with Crippen molar-refractivity contribution in [1.29, 1.82) is 0 Å². The van der Waals surface area contributed by atoms with Crippen LogP contribution >= 0.6 is 0 Å². The molecule has 208 valence electrons. The Morgan fingerprint density at radius 1 is 0.579 bits per heavy atom. The van der Waals surface area contributed by atoms with E-state index in [0.29, 0.717) is 77.2 Å². The normalized spacial score (nSPS) is 10.8. The molecular formula is C29H38O9. The molecule has 0 amide bonds. The van der Waals surface area contributed by atoms with E-state index in [2.05, 4.69) is 6.58 Å². The van der Waals surface area contributed by atoms with Gasteiger partial charge in [-0.3, -0.25) is 0 Å². The molecule has 0 heterocycles. The number of carbonyl (C=O) groups is 2. The molecular weight excluding hydrogens is 492 g/mol. The van der Waals surface area contributed by atoms with Crippen LogP contribution in [0, 0.1) is 0 Å². The second-order valence-electron chi connectivity index (χ2n) is 8.06. The fourth-order valence-electron chi connectivity index (χ4n) is 3.03. The van der Waals surface area contributed by atoms with Gasteiger partial charge in [0.25, 0.3) is 0 Å². The predicted molar refractivity (Wildman–Crippen MR) is 142 cm³/mol. The Balaban J connectivity index is 1.34. The van der Waals surface area contributed by atoms with E-state index >= 15 is 0 Å². The first-order valence-electron chi connectivity index (χ1n) is 12.6. The van der Waals surface area contributed by atoms with Crippen LogP contribution in [-0.2, 0) is 38.0 Å². The largest absolute Gasteiger partial charge is 0.460 e. The molecule has 0 aliphatic rings. The molecule has 9 heteroatoms. The molecule has 0 aliphatic carbocycles. The highest BCUT2D eigenvalue weighted by Gasteiger charge is 2.08. The minimum Gasteiger partial charge on any atom is -0.460 e. The van der Waals surface area contributed by atoms with E-state index in [0.717, 1.165) is 11.1 Å². The summed E-state index contributed by atoms with van der Waals surface area (Å²) < 4.78 is 37.2. The smallest absolute Gasteiger partial charge is 0.338 e. The van der Waals surface area contributed by atoms with Crippen molar-refractivity contribution in [1.82, 2.24) is 0 Å². The number of benzene rings is 2. The van der Waals surface area contributed by atoms with E-state index < -0.39 is 5.97 Å². The monoisotopic (exact) mass is 530 g/mol. The summed E-state index contributed by atoms with van der Waals surface area (Å²) in [6.07, 6.45) is 0. The van der Waals surface area contributed by atoms with Gasteiger partial charge >= 0.3 is 11.9 Å². The van der Waals surface area contributed by atoms with Crippen molar-refractivity contribution in [3.63, 3.8) is 0 Å². The second-order valence-corrected chi connectivity index (χ2v) is 8.06. The van der Waals surface area contributed by atoms with Gasteiger partial charge < -0.3 is 33.2 Å². The predicted octanol–water partition coefficient (Wildman–Crippen LogP) is 3.71. The average molecular weight is 531 g/mol. The second kappa shape index (κ2) is 20.0. The summed E-state index contributed by atoms with van der Waals surface area (Å²) in [5.41, 5.74) is 2.88. The number of carbonyl (C=O) groups excluding carboxylic acids is 2. The van der Waals surface area contributed by atoms with Crippen molar-refractivity contribution in [2.75, 3.05) is 79.3 Å². The van der Waals surface area contributed by atoms with E-state index in [1.165, 1.54) is 0 Å². The molecule has 0 aliphatic heterocycles. The van der Waals surface area contributed by atoms with Gasteiger partial charge in [-0.25, -0.2) is 9.59 Å². The van der Waals surface area contributed by atoms with Gasteiger partial charge in [-0.15, -0.1) is 0 Å². The van der Waals surface area contributed by atoms with Crippen LogP contribution in [0.5, 0.6) is 0 Å². The number of rotatable bonds is 21. The maximum absolute atomic E-state index is 12.3. The van der Waals surface area contributed by atoms with E-state index in [1.807, 2.05) is 48.5 Å². The van der Waals surface area contributed by atoms with Crippen molar-refractivity contribution >= 4 is 11.9 Å². The van der Waals surface area contributed by atoms with Crippen LogP contribution in [0.3, 0.4) is 0 Å². The molecule has 38 heavy (non-hydrogen) atoms. The third kappa shape index (κ3) is 14.0. The summed E-state index contributed by atoms with van der Waals surface area (Å²) in [5.74, 6) is -0.795. The molecule has 2 aromatic carbocycles. The summed E-state index contributed by atoms with van der Waals surface area (Å²) >= 11 is 0. The van der Waals surface area contributed by atoms with E-state index in [1.54, 1.807) is 13.0 Å². The summed E-state index contributed by atoms with van der Waals surface area (Å²) in [4.78, 5) is 23.5. The van der Waals surface area contributed by atoms with Crippen LogP contribution in [0.25, 0.3) is 11.1 Å². The van der Waals surface area contributed by atoms with Crippen molar-refractivity contribution in [2.45, 2.75) is 6.92 Å². The van der Waals surface area contributed by atoms with E-state index in [-0.39, 0.29) is 19.2 Å². The van der Waals surface area contributed by atoms with Gasteiger partial charge in [0.05, 0.1) is 71.6 Å². The first-order valence-corrected chi connectivity index (χ1v) is 12.6. The number of hydrogen-bond donors (Lipinski definition) is 0. The first kappa shape index (κ1) is 31.1. The highest BCUT2D eigenvalue weighted by Crippen LogP contribution is 2.20. The third-order valence-corrected chi connectivity index (χ3v) is 4.96. The Hall–Kier alpha value is -3.08. The maximum Gasteiger partial charge on any atom is 0.338 e. The van der Waals surface area contributed by atoms with Gasteiger partial charge in [-0.1, -0.05) is 49.0 Å². The van der Waals surface area contributed by atoms with Crippen LogP contribution in [0.15, 0.2) is 66.7 Å². The van der Waals surface area contributed by atoms with Crippen molar-refractivity contribution in [3.05, 3.63) is 72.3 Å². The van der Waals surface area contributed by atoms with Crippen LogP contribution in [0.4, 0.5) is 0 Å². The topological polar surface area (TPSA) is 98.8 Å². The van der Waals surface area contributed by atoms with E-state index in [4.69, 9.17) is 33.2 Å². The Bertz CT molecular complexity index is 946. The lowest BCUT2D eigenvalue weighted by Gasteiger charge is -2.09. The van der Waals surface area contributed by atoms with Gasteiger partial charge in [0.1, 0.15) is 13.2 Å². The fraction of sp³-hybridized carbons (Fsp3) is 0.448. The number of esters is 2. The molecule has 0 spiro atoms. The zero-order valence-corrected chi connectivity index (χ0v) is 22.1. The fourth-order valence-corrected chi connectivity index (χ4v) is 3.03. The molecule has 2 aromatic rings. The minimum absolute atomic E-state index is 0.172. The molecule has 9 nitrogen and oxygen atoms in total. The SMILES string of the molecule is C=C(C)C(=O)OCCOCCOCCOCCOCCOCCOC(=O)c1cccc(-c2ccccc2)c1. The molecule has 0 saturated heterocycles. The number of ether oxygens (including phenoxy) is 7. The lowest BCUT2D eigenvalue weighted by Crippen LogP contribution is -2.15. The molecule has 0 radical (unpaired) electrons. The van der Waals surface area contributed by atoms with Crippen LogP contribution in [0.1, 0.15) is 17.3 Å². The molecule has 0 atom stereocenters. The quantitative estimate of drug-likeness (QED) is 0.136. The Labute approximate surface area is 224 Å². The lowest BCUT2D eigenvalue weighted by molar-refractivity contribution is -0.140. The Kier molecular flexibility index (Phi) is 16.4. The maximum atomic E-state index is 12.3. The van der Waals surface area contributed by atoms with Crippen molar-refractivity contribution < 1.29 is 42.7 Å². The minimum atomic E-state index is -0.418. The summed E-state index contributed by atoms with van der Waals surface area (Å²) in [7, 11) is 0. The molecule has 0 saturated carbocycles. The van der Waals surface area contributed by atoms with Crippen molar-refractivity contribution in [3.8, 4) is 11.1 Å². The highest BCUT2D eigenvalue weighted by molar-refractivity contribution is 5.91. The molecule has 0 fully saturated rings. The number of hydrogen-bond acceptors (Lipinski definition) is 9. The van der Waals surface area contributed by atoms with Gasteiger partial charge in [-0.2, -0.15) is 0 Å². The third-order valence-electron chi connectivity index (χ3n) is 4.96. The van der Waals surface area contributed by atoms with Crippen LogP contribution in [0.2, 0.25) is 0 Å². The standard InChI is InChI=1S/C29H38O9/c1-24(2)28(30)37-21-19-35-17-15-33-13-11-32-12-14-34-16-18-36-20-22-38-29(31)27-10-6-9-26(23-27)25-7-4-3-5-8-25/h3-10,23H,1,11-22H2,2H3. The van der Waals surface area contributed by atoms with Gasteiger partial charge in [-0.05, 0) is 30.2 Å². The molecule has 2 rings (SSSR count). The average Bonchev–Trinajstić information content (AvgIpc) is 2.94. The summed E-state index contributed by atoms with van der Waals surface area (Å²) in [6, 6.07) is 17.2. The first-order chi connectivity index (χ1) is 18.6. The molecule has 0 N–H and O–H groups in total. The Morgan fingerprint density at radius 2 is 1.03 bits per heavy atom. The molecule has 0 aromatic heterocycles. The zero-order chi connectivity index (χ0) is 27.3. The van der Waals surface area contributed by atoms with Crippen LogP contribution in [-0.4, -0.2) is 91.2 Å². The summed E-state index contributed by atoms with van der Waals surface area (Å²) in [6.45, 7) is 9.54. The summed E-state index contributed by atoms with van der Waals surface area (Å²) in [5, 5.41) is 0. The molecule has 0 bridgehead atoms. The lowest BCUT2D eigenvalue weighted by atomic mass is 10.0. The van der Waals surface area contributed by atoms with Gasteiger partial charge in [0.15, 0.2) is 0 Å². The van der Waals surface area contributed by atoms with E-state index in [9.17, 15) is 9.59 Å². The highest BCUT2D eigenvalue weighted by atomic mass is 16.6. The molecule has 0 unspecified atom stereocenters.